The summed E-state index contributed by atoms with van der Waals surface area (Å²) in [5.74, 6) is -0.571. The molecule has 0 heterocycles. The Balaban J connectivity index is 3.03. The number of carbonyl (C=O) groups excluding carboxylic acids is 1. The number of nitrogens with zero attached hydrogens (tertiary/aromatic N) is 1. The van der Waals surface area contributed by atoms with E-state index < -0.39 is 10.8 Å². The maximum absolute atomic E-state index is 11.7. The van der Waals surface area contributed by atoms with Gasteiger partial charge in [-0.2, -0.15) is 0 Å². The van der Waals surface area contributed by atoms with E-state index in [2.05, 4.69) is 5.32 Å². The summed E-state index contributed by atoms with van der Waals surface area (Å²) < 4.78 is 0. The number of amides is 1. The van der Waals surface area contributed by atoms with Crippen LogP contribution >= 0.6 is 0 Å². The molecule has 1 rings (SSSR count). The molecule has 0 aliphatic carbocycles. The van der Waals surface area contributed by atoms with Gasteiger partial charge in [-0.05, 0) is 19.4 Å². The molecule has 1 aromatic rings. The van der Waals surface area contributed by atoms with E-state index in [1.807, 2.05) is 6.92 Å². The van der Waals surface area contributed by atoms with Gasteiger partial charge in [0.25, 0.3) is 11.6 Å². The van der Waals surface area contributed by atoms with E-state index in [1.54, 1.807) is 13.0 Å². The van der Waals surface area contributed by atoms with E-state index in [1.165, 1.54) is 6.07 Å². The van der Waals surface area contributed by atoms with Gasteiger partial charge < -0.3 is 10.4 Å². The van der Waals surface area contributed by atoms with Gasteiger partial charge in [0.05, 0.1) is 4.92 Å². The van der Waals surface area contributed by atoms with Crippen LogP contribution in [0.25, 0.3) is 0 Å². The van der Waals surface area contributed by atoms with E-state index in [-0.39, 0.29) is 17.1 Å². The lowest BCUT2D eigenvalue weighted by atomic mass is 10.2. The van der Waals surface area contributed by atoms with Crippen LogP contribution in [-0.4, -0.2) is 15.9 Å². The summed E-state index contributed by atoms with van der Waals surface area (Å²) in [6, 6.07) is 3.49. The normalized spacial score (nSPS) is 11.1. The average Bonchev–Trinajstić information content (AvgIpc) is 2.28. The number of benzene rings is 1. The van der Waals surface area contributed by atoms with Gasteiger partial charge in [0.15, 0.2) is 0 Å². The molecule has 18 heavy (non-hydrogen) atoms. The SMILES string of the molecule is CC/C=C(/C)C(=O)Nc1cc(O)ccc1[N+](=O)[O-]. The fourth-order valence-corrected chi connectivity index (χ4v) is 1.40. The van der Waals surface area contributed by atoms with Crippen LogP contribution in [0, 0.1) is 10.1 Å². The van der Waals surface area contributed by atoms with E-state index >= 15 is 0 Å². The summed E-state index contributed by atoms with van der Waals surface area (Å²) in [4.78, 5) is 21.9. The number of phenolic OH excluding ortho intramolecular Hbond substituents is 1. The first-order valence-electron chi connectivity index (χ1n) is 5.41. The van der Waals surface area contributed by atoms with Crippen LogP contribution in [0.4, 0.5) is 11.4 Å². The second kappa shape index (κ2) is 5.81. The number of rotatable bonds is 4. The maximum atomic E-state index is 11.7. The average molecular weight is 250 g/mol. The van der Waals surface area contributed by atoms with Crippen molar-refractivity contribution >= 4 is 17.3 Å². The molecule has 0 atom stereocenters. The Bertz CT molecular complexity index is 509. The topological polar surface area (TPSA) is 92.5 Å². The fraction of sp³-hybridized carbons (Fsp3) is 0.250. The van der Waals surface area contributed by atoms with Crippen LogP contribution in [0.2, 0.25) is 0 Å². The summed E-state index contributed by atoms with van der Waals surface area (Å²) >= 11 is 0. The third-order valence-corrected chi connectivity index (χ3v) is 2.29. The summed E-state index contributed by atoms with van der Waals surface area (Å²) in [5.41, 5.74) is 0.189. The number of nitro groups is 1. The van der Waals surface area contributed by atoms with E-state index in [0.717, 1.165) is 12.1 Å². The summed E-state index contributed by atoms with van der Waals surface area (Å²) in [5, 5.41) is 22.5. The molecule has 6 heteroatoms. The lowest BCUT2D eigenvalue weighted by molar-refractivity contribution is -0.383. The van der Waals surface area contributed by atoms with Gasteiger partial charge in [-0.15, -0.1) is 0 Å². The van der Waals surface area contributed by atoms with Gasteiger partial charge in [-0.1, -0.05) is 13.0 Å². The molecule has 0 aliphatic heterocycles. The molecule has 1 aromatic carbocycles. The van der Waals surface area contributed by atoms with Crippen LogP contribution < -0.4 is 5.32 Å². The second-order valence-corrected chi connectivity index (χ2v) is 3.71. The van der Waals surface area contributed by atoms with Gasteiger partial charge >= 0.3 is 0 Å². The quantitative estimate of drug-likeness (QED) is 0.488. The number of allylic oxidation sites excluding steroid dienone is 1. The first-order chi connectivity index (χ1) is 8.45. The summed E-state index contributed by atoms with van der Waals surface area (Å²) in [7, 11) is 0. The minimum Gasteiger partial charge on any atom is -0.508 e. The highest BCUT2D eigenvalue weighted by Crippen LogP contribution is 2.28. The van der Waals surface area contributed by atoms with Crippen LogP contribution in [0.1, 0.15) is 20.3 Å². The maximum Gasteiger partial charge on any atom is 0.293 e. The van der Waals surface area contributed by atoms with Gasteiger partial charge in [0, 0.05) is 17.7 Å². The largest absolute Gasteiger partial charge is 0.508 e. The molecule has 96 valence electrons. The van der Waals surface area contributed by atoms with Gasteiger partial charge in [0.1, 0.15) is 11.4 Å². The number of anilines is 1. The Kier molecular flexibility index (Phi) is 4.42. The highest BCUT2D eigenvalue weighted by atomic mass is 16.6. The highest BCUT2D eigenvalue weighted by Gasteiger charge is 2.16. The fourth-order valence-electron chi connectivity index (χ4n) is 1.40. The van der Waals surface area contributed by atoms with Crippen molar-refractivity contribution in [2.75, 3.05) is 5.32 Å². The first kappa shape index (κ1) is 13.7. The van der Waals surface area contributed by atoms with Crippen LogP contribution in [0.5, 0.6) is 5.75 Å². The molecule has 0 bridgehead atoms. The molecule has 0 saturated carbocycles. The van der Waals surface area contributed by atoms with Crippen LogP contribution in [0.15, 0.2) is 29.8 Å². The molecule has 1 amide bonds. The minimum absolute atomic E-state index is 0.0196. The summed E-state index contributed by atoms with van der Waals surface area (Å²) in [6.07, 6.45) is 2.41. The molecular formula is C12H14N2O4. The van der Waals surface area contributed by atoms with Crippen molar-refractivity contribution in [2.45, 2.75) is 20.3 Å². The Morgan fingerprint density at radius 3 is 2.78 bits per heavy atom. The molecule has 0 aliphatic rings. The second-order valence-electron chi connectivity index (χ2n) is 3.71. The molecule has 0 fully saturated rings. The van der Waals surface area contributed by atoms with Gasteiger partial charge in [-0.3, -0.25) is 14.9 Å². The molecule has 0 unspecified atom stereocenters. The van der Waals surface area contributed by atoms with E-state index in [4.69, 9.17) is 0 Å². The van der Waals surface area contributed by atoms with Gasteiger partial charge in [0.2, 0.25) is 0 Å². The molecule has 0 radical (unpaired) electrons. The number of phenols is 1. The zero-order chi connectivity index (χ0) is 13.7. The number of hydrogen-bond acceptors (Lipinski definition) is 4. The number of nitrogens with one attached hydrogen (secondary N) is 1. The van der Waals surface area contributed by atoms with E-state index in [0.29, 0.717) is 12.0 Å². The highest BCUT2D eigenvalue weighted by molar-refractivity contribution is 6.04. The molecule has 2 N–H and O–H groups in total. The minimum atomic E-state index is -0.617. The van der Waals surface area contributed by atoms with Crippen molar-refractivity contribution < 1.29 is 14.8 Å². The lowest BCUT2D eigenvalue weighted by Gasteiger charge is -2.06. The Morgan fingerprint density at radius 2 is 2.22 bits per heavy atom. The number of nitro benzene ring substituents is 1. The van der Waals surface area contributed by atoms with Gasteiger partial charge in [-0.25, -0.2) is 0 Å². The Morgan fingerprint density at radius 1 is 1.56 bits per heavy atom. The van der Waals surface area contributed by atoms with E-state index in [9.17, 15) is 20.0 Å². The lowest BCUT2D eigenvalue weighted by Crippen LogP contribution is -2.13. The molecule has 0 aromatic heterocycles. The number of hydrogen-bond donors (Lipinski definition) is 2. The third-order valence-electron chi connectivity index (χ3n) is 2.29. The van der Waals surface area contributed by atoms with Crippen molar-refractivity contribution in [2.24, 2.45) is 0 Å². The Labute approximate surface area is 104 Å². The molecule has 0 saturated heterocycles. The zero-order valence-electron chi connectivity index (χ0n) is 10.1. The predicted octanol–water partition coefficient (Wildman–Crippen LogP) is 2.60. The van der Waals surface area contributed by atoms with Crippen molar-refractivity contribution in [3.05, 3.63) is 40.0 Å². The van der Waals surface area contributed by atoms with Crippen molar-refractivity contribution in [1.82, 2.24) is 0 Å². The van der Waals surface area contributed by atoms with Crippen LogP contribution in [0.3, 0.4) is 0 Å². The van der Waals surface area contributed by atoms with Crippen molar-refractivity contribution in [1.29, 1.82) is 0 Å². The molecular weight excluding hydrogens is 236 g/mol. The summed E-state index contributed by atoms with van der Waals surface area (Å²) in [6.45, 7) is 3.50. The molecule has 0 spiro atoms. The zero-order valence-corrected chi connectivity index (χ0v) is 10.1. The Hall–Kier alpha value is -2.37. The van der Waals surface area contributed by atoms with Crippen LogP contribution in [-0.2, 0) is 4.79 Å². The first-order valence-corrected chi connectivity index (χ1v) is 5.41. The smallest absolute Gasteiger partial charge is 0.293 e. The third kappa shape index (κ3) is 3.31. The number of aromatic hydroxyl groups is 1. The van der Waals surface area contributed by atoms with Crippen molar-refractivity contribution in [3.63, 3.8) is 0 Å². The predicted molar refractivity (Wildman–Crippen MR) is 67.4 cm³/mol. The molecule has 6 nitrogen and oxygen atoms in total. The number of carbonyl (C=O) groups is 1. The van der Waals surface area contributed by atoms with Crippen molar-refractivity contribution in [3.8, 4) is 5.75 Å². The standard InChI is InChI=1S/C12H14N2O4/c1-3-4-8(2)12(16)13-10-7-9(15)5-6-11(10)14(17)18/h4-7,15H,3H2,1-2H3,(H,13,16)/b8-4-. The monoisotopic (exact) mass is 250 g/mol.